The van der Waals surface area contributed by atoms with E-state index in [0.717, 1.165) is 34.4 Å². The van der Waals surface area contributed by atoms with Crippen LogP contribution in [0.4, 0.5) is 0 Å². The summed E-state index contributed by atoms with van der Waals surface area (Å²) in [5, 5.41) is 19.9. The van der Waals surface area contributed by atoms with Gasteiger partial charge in [-0.25, -0.2) is 0 Å². The fourth-order valence-corrected chi connectivity index (χ4v) is 4.54. The maximum Gasteiger partial charge on any atom is 0.167 e. The zero-order valence-electron chi connectivity index (χ0n) is 21.7. The van der Waals surface area contributed by atoms with Gasteiger partial charge in [-0.05, 0) is 91.0 Å². The van der Waals surface area contributed by atoms with Crippen molar-refractivity contribution in [1.82, 2.24) is 0 Å². The number of rotatable bonds is 10. The molecule has 0 amide bonds. The van der Waals surface area contributed by atoms with Crippen LogP contribution in [0.1, 0.15) is 77.8 Å². The van der Waals surface area contributed by atoms with E-state index in [2.05, 4.69) is 0 Å². The first-order chi connectivity index (χ1) is 15.8. The molecule has 1 aromatic rings. The van der Waals surface area contributed by atoms with Crippen LogP contribution in [0.5, 0.6) is 11.5 Å². The number of benzene rings is 1. The summed E-state index contributed by atoms with van der Waals surface area (Å²) in [5.74, 6) is 0.904. The van der Waals surface area contributed by atoms with E-state index < -0.39 is 17.3 Å². The Morgan fingerprint density at radius 1 is 1.24 bits per heavy atom. The zero-order valence-corrected chi connectivity index (χ0v) is 21.7. The van der Waals surface area contributed by atoms with Crippen molar-refractivity contribution in [3.8, 4) is 11.5 Å². The molecule has 0 aliphatic carbocycles. The predicted octanol–water partition coefficient (Wildman–Crippen LogP) is 5.16. The predicted molar refractivity (Wildman–Crippen MR) is 133 cm³/mol. The highest BCUT2D eigenvalue weighted by Crippen LogP contribution is 2.36. The number of methoxy groups -OCH3 is 1. The van der Waals surface area contributed by atoms with Crippen LogP contribution in [0, 0.1) is 6.92 Å². The lowest BCUT2D eigenvalue weighted by Crippen LogP contribution is -2.57. The molecule has 2 N–H and O–H groups in total. The first-order valence-corrected chi connectivity index (χ1v) is 11.9. The Morgan fingerprint density at radius 3 is 2.56 bits per heavy atom. The fourth-order valence-electron chi connectivity index (χ4n) is 4.54. The van der Waals surface area contributed by atoms with Gasteiger partial charge in [0.25, 0.3) is 0 Å². The lowest BCUT2D eigenvalue weighted by atomic mass is 9.81. The number of ketones is 2. The summed E-state index contributed by atoms with van der Waals surface area (Å²) in [6.07, 6.45) is 5.83. The molecule has 2 atom stereocenters. The summed E-state index contributed by atoms with van der Waals surface area (Å²) in [6, 6.07) is 3.35. The van der Waals surface area contributed by atoms with E-state index in [0.29, 0.717) is 25.7 Å². The molecule has 1 fully saturated rings. The summed E-state index contributed by atoms with van der Waals surface area (Å²) in [5.41, 5.74) is 2.00. The summed E-state index contributed by atoms with van der Waals surface area (Å²) in [4.78, 5) is 25.0. The minimum Gasteiger partial charge on any atom is -0.508 e. The van der Waals surface area contributed by atoms with Crippen LogP contribution in [0.15, 0.2) is 35.4 Å². The van der Waals surface area contributed by atoms with Gasteiger partial charge in [0.1, 0.15) is 17.1 Å². The van der Waals surface area contributed by atoms with E-state index in [4.69, 9.17) is 9.47 Å². The number of ether oxygens (including phenoxy) is 2. The lowest BCUT2D eigenvalue weighted by molar-refractivity contribution is -0.211. The Morgan fingerprint density at radius 2 is 1.91 bits per heavy atom. The van der Waals surface area contributed by atoms with Gasteiger partial charge in [0.2, 0.25) is 0 Å². The van der Waals surface area contributed by atoms with Crippen LogP contribution < -0.4 is 4.74 Å². The van der Waals surface area contributed by atoms with Gasteiger partial charge in [0.05, 0.1) is 18.8 Å². The van der Waals surface area contributed by atoms with Crippen LogP contribution >= 0.6 is 0 Å². The minimum absolute atomic E-state index is 0.0331. The third-order valence-corrected chi connectivity index (χ3v) is 6.56. The van der Waals surface area contributed by atoms with Crippen molar-refractivity contribution in [2.45, 2.75) is 97.4 Å². The molecule has 1 aromatic carbocycles. The number of aryl methyl sites for hydroxylation is 1. The number of phenolic OH excluding ortho intramolecular Hbond substituents is 1. The molecule has 2 rings (SSSR count). The van der Waals surface area contributed by atoms with E-state index in [9.17, 15) is 19.8 Å². The average molecular weight is 473 g/mol. The lowest BCUT2D eigenvalue weighted by Gasteiger charge is -2.45. The van der Waals surface area contributed by atoms with Crippen molar-refractivity contribution < 1.29 is 29.3 Å². The van der Waals surface area contributed by atoms with Crippen molar-refractivity contribution >= 4 is 11.6 Å². The molecular formula is C28H40O6. The maximum atomic E-state index is 12.5. The molecule has 0 bridgehead atoms. The molecule has 1 heterocycles. The maximum absolute atomic E-state index is 12.5. The van der Waals surface area contributed by atoms with E-state index in [1.807, 2.05) is 26.8 Å². The number of hydrogen-bond donors (Lipinski definition) is 2. The number of carbonyl (C=O) groups is 2. The third kappa shape index (κ3) is 7.28. The summed E-state index contributed by atoms with van der Waals surface area (Å²) >= 11 is 0. The van der Waals surface area contributed by atoms with E-state index in [1.165, 1.54) is 0 Å². The van der Waals surface area contributed by atoms with E-state index in [1.54, 1.807) is 46.1 Å². The number of aliphatic hydroxyl groups excluding tert-OH is 1. The molecule has 6 heteroatoms. The largest absolute Gasteiger partial charge is 0.508 e. The fraction of sp³-hybridized carbons (Fsp3) is 0.571. The van der Waals surface area contributed by atoms with Gasteiger partial charge in [-0.1, -0.05) is 17.2 Å². The number of aliphatic hydroxyl groups is 1. The van der Waals surface area contributed by atoms with Gasteiger partial charge < -0.3 is 19.7 Å². The Labute approximate surface area is 203 Å². The molecule has 1 aliphatic rings. The van der Waals surface area contributed by atoms with Gasteiger partial charge in [-0.15, -0.1) is 0 Å². The first-order valence-electron chi connectivity index (χ1n) is 11.9. The van der Waals surface area contributed by atoms with Crippen LogP contribution in [-0.4, -0.2) is 46.2 Å². The standard InChI is InChI=1S/C28H40O6/c1-18(9-8-12-28(6)25(32)17-24(31)27(4,5)34-28)13-22(29)14-19(2)10-11-21-16-23(30)15-20(3)26(21)33-7/h10,13,15-16,24,30-31H,8-9,11-12,14,17H2,1-7H3/b18-13+,19-10+/t24-,28-/m1/s1. The van der Waals surface area contributed by atoms with Crippen molar-refractivity contribution in [3.63, 3.8) is 0 Å². The molecule has 1 aliphatic heterocycles. The number of aromatic hydroxyl groups is 1. The minimum atomic E-state index is -0.905. The van der Waals surface area contributed by atoms with Crippen molar-refractivity contribution in [3.05, 3.63) is 46.6 Å². The van der Waals surface area contributed by atoms with Crippen LogP contribution in [-0.2, 0) is 20.7 Å². The Bertz CT molecular complexity index is 971. The number of hydrogen-bond acceptors (Lipinski definition) is 6. The van der Waals surface area contributed by atoms with Crippen molar-refractivity contribution in [2.75, 3.05) is 7.11 Å². The molecule has 0 aromatic heterocycles. The number of phenols is 1. The molecule has 0 radical (unpaired) electrons. The topological polar surface area (TPSA) is 93.1 Å². The molecule has 34 heavy (non-hydrogen) atoms. The van der Waals surface area contributed by atoms with Crippen molar-refractivity contribution in [1.29, 1.82) is 0 Å². The van der Waals surface area contributed by atoms with Gasteiger partial charge >= 0.3 is 0 Å². The Hall–Kier alpha value is -2.44. The Kier molecular flexibility index (Phi) is 9.26. The smallest absolute Gasteiger partial charge is 0.167 e. The Balaban J connectivity index is 1.89. The van der Waals surface area contributed by atoms with Crippen LogP contribution in [0.2, 0.25) is 0 Å². The third-order valence-electron chi connectivity index (χ3n) is 6.56. The summed E-state index contributed by atoms with van der Waals surface area (Å²) in [6.45, 7) is 11.1. The van der Waals surface area contributed by atoms with Gasteiger partial charge in [0.15, 0.2) is 11.6 Å². The quantitative estimate of drug-likeness (QED) is 0.361. The normalized spacial score (nSPS) is 23.2. The van der Waals surface area contributed by atoms with Gasteiger partial charge in [-0.2, -0.15) is 0 Å². The summed E-state index contributed by atoms with van der Waals surface area (Å²) in [7, 11) is 1.61. The van der Waals surface area contributed by atoms with E-state index >= 15 is 0 Å². The van der Waals surface area contributed by atoms with Gasteiger partial charge in [-0.3, -0.25) is 9.59 Å². The molecule has 6 nitrogen and oxygen atoms in total. The van der Waals surface area contributed by atoms with Crippen LogP contribution in [0.3, 0.4) is 0 Å². The number of Topliss-reactive ketones (excluding diaryl/α,β-unsaturated/α-hetero) is 1. The zero-order chi connectivity index (χ0) is 25.7. The van der Waals surface area contributed by atoms with Gasteiger partial charge in [0, 0.05) is 18.4 Å². The second kappa shape index (κ2) is 11.3. The molecule has 0 saturated carbocycles. The first kappa shape index (κ1) is 27.8. The van der Waals surface area contributed by atoms with E-state index in [-0.39, 0.29) is 23.7 Å². The monoisotopic (exact) mass is 472 g/mol. The molecule has 1 saturated heterocycles. The van der Waals surface area contributed by atoms with Crippen molar-refractivity contribution in [2.24, 2.45) is 0 Å². The second-order valence-electron chi connectivity index (χ2n) is 10.3. The molecule has 0 spiro atoms. The molecule has 188 valence electrons. The second-order valence-corrected chi connectivity index (χ2v) is 10.3. The molecule has 0 unspecified atom stereocenters. The molecular weight excluding hydrogens is 432 g/mol. The highest BCUT2D eigenvalue weighted by molar-refractivity contribution is 5.92. The number of allylic oxidation sites excluding steroid dienone is 4. The van der Waals surface area contributed by atoms with Crippen LogP contribution in [0.25, 0.3) is 0 Å². The SMILES string of the molecule is COc1c(C)cc(O)cc1C/C=C(\C)CC(=O)/C=C(\C)CCC[C@@]1(C)OC(C)(C)[C@H](O)CC1=O. The highest BCUT2D eigenvalue weighted by atomic mass is 16.5. The highest BCUT2D eigenvalue weighted by Gasteiger charge is 2.48. The average Bonchev–Trinajstić information content (AvgIpc) is 2.70. The summed E-state index contributed by atoms with van der Waals surface area (Å²) < 4.78 is 11.4. The number of carbonyl (C=O) groups excluding carboxylic acids is 2.